The number of carboxylic acid groups (broad SMARTS) is 1. The number of hydrogen-bond donors (Lipinski definition) is 1. The SMILES string of the molecule is CC(C)(C)C#Cc1cc(N(C(=O)[C@H]2CC[C@H](C)CC2)[C@H]2CCN(C(=O)OC3CCN(C(=O)OC(C)(C)C)CC3)C2)c(C(=O)O)s1. The molecule has 0 bridgehead atoms. The Bertz CT molecular complexity index is 1320. The molecule has 1 saturated carbocycles. The van der Waals surface area contributed by atoms with E-state index in [0.29, 0.717) is 55.4 Å². The molecule has 3 amide bonds. The maximum absolute atomic E-state index is 14.2. The molecule has 1 N–H and O–H groups in total. The fourth-order valence-corrected chi connectivity index (χ4v) is 6.88. The number of carbonyl (C=O) groups excluding carboxylic acids is 3. The molecular weight excluding hydrogens is 594 g/mol. The van der Waals surface area contributed by atoms with E-state index in [1.54, 1.807) is 20.8 Å². The lowest BCUT2D eigenvalue weighted by molar-refractivity contribution is -0.124. The van der Waals surface area contributed by atoms with Gasteiger partial charge in [-0.05, 0) is 85.6 Å². The van der Waals surface area contributed by atoms with Crippen LogP contribution in [0, 0.1) is 29.1 Å². The van der Waals surface area contributed by atoms with E-state index >= 15 is 0 Å². The number of rotatable bonds is 5. The molecule has 3 aliphatic rings. The summed E-state index contributed by atoms with van der Waals surface area (Å²) in [6.45, 7) is 15.2. The zero-order valence-corrected chi connectivity index (χ0v) is 28.6. The summed E-state index contributed by atoms with van der Waals surface area (Å²) in [5.41, 5.74) is -0.475. The number of aromatic carboxylic acids is 1. The molecule has 10 nitrogen and oxygen atoms in total. The summed E-state index contributed by atoms with van der Waals surface area (Å²) in [5, 5.41) is 10.2. The quantitative estimate of drug-likeness (QED) is 0.359. The van der Waals surface area contributed by atoms with E-state index in [4.69, 9.17) is 9.47 Å². The number of thiophene rings is 1. The van der Waals surface area contributed by atoms with Crippen LogP contribution in [0.25, 0.3) is 0 Å². The van der Waals surface area contributed by atoms with E-state index in [1.807, 2.05) is 41.5 Å². The average Bonchev–Trinajstić information content (AvgIpc) is 3.60. The summed E-state index contributed by atoms with van der Waals surface area (Å²) in [7, 11) is 0. The summed E-state index contributed by atoms with van der Waals surface area (Å²) in [5.74, 6) is 5.48. The van der Waals surface area contributed by atoms with Crippen LogP contribution in [0.15, 0.2) is 6.07 Å². The minimum absolute atomic E-state index is 0.0766. The van der Waals surface area contributed by atoms with Gasteiger partial charge in [-0.3, -0.25) is 4.79 Å². The van der Waals surface area contributed by atoms with Gasteiger partial charge in [0.1, 0.15) is 16.6 Å². The Kier molecular flexibility index (Phi) is 10.8. The minimum atomic E-state index is -1.10. The van der Waals surface area contributed by atoms with Crippen molar-refractivity contribution in [2.45, 2.75) is 111 Å². The summed E-state index contributed by atoms with van der Waals surface area (Å²) in [6, 6.07) is 1.35. The molecule has 1 aliphatic carbocycles. The fourth-order valence-electron chi connectivity index (χ4n) is 6.04. The highest BCUT2D eigenvalue weighted by Crippen LogP contribution is 2.38. The molecule has 1 aromatic heterocycles. The predicted molar refractivity (Wildman–Crippen MR) is 174 cm³/mol. The molecule has 11 heteroatoms. The van der Waals surface area contributed by atoms with Gasteiger partial charge in [0.05, 0.1) is 16.6 Å². The standard InChI is InChI=1S/C34H49N3O7S/c1-22-8-10-23(11-9-22)29(38)37(27-20-26(12-16-33(2,3)4)45-28(27)30(39)40)24-13-17-36(21-24)31(41)43-25-14-18-35(19-15-25)32(42)44-34(5,6)7/h20,22-25H,8-11,13-15,17-19,21H2,1-7H3,(H,39,40)/t22-,23-,24-/m0/s1. The normalized spacial score (nSPS) is 22.8. The van der Waals surface area contributed by atoms with Crippen LogP contribution >= 0.6 is 11.3 Å². The zero-order chi connectivity index (χ0) is 33.1. The van der Waals surface area contributed by atoms with E-state index in [2.05, 4.69) is 18.8 Å². The van der Waals surface area contributed by atoms with Crippen molar-refractivity contribution < 1.29 is 33.8 Å². The molecule has 3 fully saturated rings. The molecule has 0 radical (unpaired) electrons. The van der Waals surface area contributed by atoms with Crippen molar-refractivity contribution in [3.05, 3.63) is 15.8 Å². The molecule has 2 aliphatic heterocycles. The predicted octanol–water partition coefficient (Wildman–Crippen LogP) is 6.61. The van der Waals surface area contributed by atoms with Gasteiger partial charge in [-0.25, -0.2) is 14.4 Å². The largest absolute Gasteiger partial charge is 0.477 e. The van der Waals surface area contributed by atoms with Crippen molar-refractivity contribution in [3.8, 4) is 11.8 Å². The van der Waals surface area contributed by atoms with Gasteiger partial charge >= 0.3 is 18.2 Å². The monoisotopic (exact) mass is 643 g/mol. The Hall–Kier alpha value is -3.26. The number of anilines is 1. The number of hydrogen-bond acceptors (Lipinski definition) is 7. The number of piperidine rings is 1. The number of amides is 3. The third kappa shape index (κ3) is 9.38. The summed E-state index contributed by atoms with van der Waals surface area (Å²) in [6.07, 6.45) is 3.84. The molecular formula is C34H49N3O7S. The highest BCUT2D eigenvalue weighted by atomic mass is 32.1. The van der Waals surface area contributed by atoms with E-state index in [9.17, 15) is 24.3 Å². The summed E-state index contributed by atoms with van der Waals surface area (Å²) in [4.78, 5) is 57.9. The lowest BCUT2D eigenvalue weighted by Gasteiger charge is -2.35. The first-order chi connectivity index (χ1) is 21.0. The molecule has 0 spiro atoms. The van der Waals surface area contributed by atoms with Crippen LogP contribution in [0.1, 0.15) is 108 Å². The summed E-state index contributed by atoms with van der Waals surface area (Å²) >= 11 is 1.09. The van der Waals surface area contributed by atoms with Gasteiger partial charge in [-0.2, -0.15) is 0 Å². The number of ether oxygens (including phenoxy) is 2. The van der Waals surface area contributed by atoms with Crippen LogP contribution in [-0.4, -0.2) is 82.9 Å². The number of likely N-dealkylation sites (tertiary alicyclic amines) is 2. The Balaban J connectivity index is 1.49. The van der Waals surface area contributed by atoms with E-state index in [-0.39, 0.29) is 46.9 Å². The number of carbonyl (C=O) groups is 4. The second kappa shape index (κ2) is 14.0. The van der Waals surface area contributed by atoms with Gasteiger partial charge in [0.15, 0.2) is 0 Å². The molecule has 248 valence electrons. The second-order valence-corrected chi connectivity index (χ2v) is 15.8. The van der Waals surface area contributed by atoms with E-state index < -0.39 is 17.7 Å². The lowest BCUT2D eigenvalue weighted by Crippen LogP contribution is -2.47. The Morgan fingerprint density at radius 2 is 1.53 bits per heavy atom. The number of nitrogens with zero attached hydrogens (tertiary/aromatic N) is 3. The highest BCUT2D eigenvalue weighted by molar-refractivity contribution is 7.15. The molecule has 4 rings (SSSR count). The van der Waals surface area contributed by atoms with Crippen LogP contribution in [-0.2, 0) is 14.3 Å². The van der Waals surface area contributed by atoms with Crippen LogP contribution in [0.4, 0.5) is 15.3 Å². The van der Waals surface area contributed by atoms with Gasteiger partial charge in [-0.1, -0.05) is 18.8 Å². The summed E-state index contributed by atoms with van der Waals surface area (Å²) < 4.78 is 11.3. The van der Waals surface area contributed by atoms with Crippen molar-refractivity contribution in [2.24, 2.45) is 17.3 Å². The third-order valence-electron chi connectivity index (χ3n) is 8.48. The van der Waals surface area contributed by atoms with Crippen molar-refractivity contribution in [3.63, 3.8) is 0 Å². The van der Waals surface area contributed by atoms with Crippen molar-refractivity contribution in [1.29, 1.82) is 0 Å². The molecule has 45 heavy (non-hydrogen) atoms. The molecule has 0 aromatic carbocycles. The second-order valence-electron chi connectivity index (χ2n) is 14.7. The number of carboxylic acids is 1. The Labute approximate surface area is 271 Å². The van der Waals surface area contributed by atoms with Crippen molar-refractivity contribution in [1.82, 2.24) is 9.80 Å². The first-order valence-electron chi connectivity index (χ1n) is 16.2. The van der Waals surface area contributed by atoms with E-state index in [0.717, 1.165) is 37.0 Å². The smallest absolute Gasteiger partial charge is 0.410 e. The topological polar surface area (TPSA) is 117 Å². The fraction of sp³-hybridized carbons (Fsp3) is 0.706. The molecule has 1 atom stereocenters. The molecule has 3 heterocycles. The van der Waals surface area contributed by atoms with E-state index in [1.165, 1.54) is 0 Å². The van der Waals surface area contributed by atoms with Gasteiger partial charge < -0.3 is 29.3 Å². The third-order valence-corrected chi connectivity index (χ3v) is 9.51. The lowest BCUT2D eigenvalue weighted by atomic mass is 9.82. The first kappa shape index (κ1) is 34.6. The Morgan fingerprint density at radius 1 is 0.911 bits per heavy atom. The van der Waals surface area contributed by atoms with Crippen LogP contribution in [0.3, 0.4) is 0 Å². The van der Waals surface area contributed by atoms with Crippen LogP contribution < -0.4 is 4.90 Å². The Morgan fingerprint density at radius 3 is 2.11 bits per heavy atom. The van der Waals surface area contributed by atoms with Crippen LogP contribution in [0.2, 0.25) is 0 Å². The van der Waals surface area contributed by atoms with Crippen molar-refractivity contribution >= 4 is 41.1 Å². The van der Waals surface area contributed by atoms with Crippen LogP contribution in [0.5, 0.6) is 0 Å². The van der Waals surface area contributed by atoms with Gasteiger partial charge in [0.2, 0.25) is 5.91 Å². The van der Waals surface area contributed by atoms with Gasteiger partial charge in [-0.15, -0.1) is 11.3 Å². The maximum atomic E-state index is 14.2. The average molecular weight is 644 g/mol. The van der Waals surface area contributed by atoms with Gasteiger partial charge in [0.25, 0.3) is 0 Å². The van der Waals surface area contributed by atoms with Crippen molar-refractivity contribution in [2.75, 3.05) is 31.1 Å². The van der Waals surface area contributed by atoms with Gasteiger partial charge in [0, 0.05) is 50.4 Å². The zero-order valence-electron chi connectivity index (χ0n) is 27.8. The highest BCUT2D eigenvalue weighted by Gasteiger charge is 2.40. The molecule has 0 unspecified atom stereocenters. The molecule has 2 saturated heterocycles. The molecule has 1 aromatic rings. The first-order valence-corrected chi connectivity index (χ1v) is 17.0. The maximum Gasteiger partial charge on any atom is 0.410 e. The minimum Gasteiger partial charge on any atom is -0.477 e.